The number of nitrogens with zero attached hydrogens (tertiary/aromatic N) is 1. The number of esters is 1. The summed E-state index contributed by atoms with van der Waals surface area (Å²) in [6, 6.07) is 1.67. The second kappa shape index (κ2) is 5.50. The van der Waals surface area contributed by atoms with Gasteiger partial charge >= 0.3 is 5.97 Å². The van der Waals surface area contributed by atoms with Crippen molar-refractivity contribution in [2.75, 3.05) is 7.11 Å². The molecule has 0 fully saturated rings. The number of aromatic nitrogens is 2. The Morgan fingerprint density at radius 2 is 2.39 bits per heavy atom. The SMILES string of the molecule is COC(=O)c1coc(CNCc2cn[nH]c2C)c1. The molecule has 2 aromatic heterocycles. The molecule has 0 atom stereocenters. The molecule has 6 nitrogen and oxygen atoms in total. The van der Waals surface area contributed by atoms with Crippen LogP contribution in [0.2, 0.25) is 0 Å². The number of methoxy groups -OCH3 is 1. The third kappa shape index (κ3) is 2.78. The zero-order valence-electron chi connectivity index (χ0n) is 10.3. The van der Waals surface area contributed by atoms with Crippen LogP contribution in [0.1, 0.15) is 27.4 Å². The molecule has 0 radical (unpaired) electrons. The van der Waals surface area contributed by atoms with Gasteiger partial charge in [0.1, 0.15) is 12.0 Å². The molecule has 0 amide bonds. The monoisotopic (exact) mass is 249 g/mol. The van der Waals surface area contributed by atoms with Crippen LogP contribution in [0.15, 0.2) is 22.9 Å². The summed E-state index contributed by atoms with van der Waals surface area (Å²) < 4.78 is 9.85. The minimum Gasteiger partial charge on any atom is -0.467 e. The van der Waals surface area contributed by atoms with Crippen molar-refractivity contribution in [2.45, 2.75) is 20.0 Å². The molecular formula is C12H15N3O3. The minimum atomic E-state index is -0.393. The fraction of sp³-hybridized carbons (Fsp3) is 0.333. The van der Waals surface area contributed by atoms with Gasteiger partial charge in [0.15, 0.2) is 0 Å². The summed E-state index contributed by atoms with van der Waals surface area (Å²) in [4.78, 5) is 11.2. The number of carbonyl (C=O) groups excluding carboxylic acids is 1. The maximum atomic E-state index is 11.2. The lowest BCUT2D eigenvalue weighted by Crippen LogP contribution is -2.12. The van der Waals surface area contributed by atoms with Crippen molar-refractivity contribution in [1.29, 1.82) is 0 Å². The Hall–Kier alpha value is -2.08. The summed E-state index contributed by atoms with van der Waals surface area (Å²) >= 11 is 0. The van der Waals surface area contributed by atoms with E-state index in [-0.39, 0.29) is 0 Å². The van der Waals surface area contributed by atoms with Gasteiger partial charge in [-0.2, -0.15) is 5.10 Å². The highest BCUT2D eigenvalue weighted by atomic mass is 16.5. The predicted octanol–water partition coefficient (Wildman–Crippen LogP) is 1.39. The van der Waals surface area contributed by atoms with E-state index in [0.29, 0.717) is 24.4 Å². The van der Waals surface area contributed by atoms with E-state index in [0.717, 1.165) is 11.3 Å². The van der Waals surface area contributed by atoms with Gasteiger partial charge in [0.05, 0.1) is 25.4 Å². The predicted molar refractivity (Wildman–Crippen MR) is 63.9 cm³/mol. The van der Waals surface area contributed by atoms with Gasteiger partial charge in [-0.1, -0.05) is 0 Å². The smallest absolute Gasteiger partial charge is 0.341 e. The van der Waals surface area contributed by atoms with E-state index in [4.69, 9.17) is 4.42 Å². The van der Waals surface area contributed by atoms with Crippen LogP contribution in [0.3, 0.4) is 0 Å². The summed E-state index contributed by atoms with van der Waals surface area (Å²) in [6.07, 6.45) is 3.18. The number of H-pyrrole nitrogens is 1. The van der Waals surface area contributed by atoms with E-state index in [1.807, 2.05) is 6.92 Å². The molecule has 0 aliphatic carbocycles. The van der Waals surface area contributed by atoms with Crippen LogP contribution in [-0.4, -0.2) is 23.3 Å². The van der Waals surface area contributed by atoms with Gasteiger partial charge < -0.3 is 14.5 Å². The molecule has 0 spiro atoms. The largest absolute Gasteiger partial charge is 0.467 e. The average Bonchev–Trinajstić information content (AvgIpc) is 2.99. The van der Waals surface area contributed by atoms with E-state index >= 15 is 0 Å². The van der Waals surface area contributed by atoms with Crippen LogP contribution >= 0.6 is 0 Å². The van der Waals surface area contributed by atoms with Crippen molar-refractivity contribution < 1.29 is 13.9 Å². The fourth-order valence-electron chi connectivity index (χ4n) is 1.57. The maximum Gasteiger partial charge on any atom is 0.341 e. The molecule has 0 unspecified atom stereocenters. The van der Waals surface area contributed by atoms with Crippen molar-refractivity contribution in [3.05, 3.63) is 41.1 Å². The second-order valence-electron chi connectivity index (χ2n) is 3.92. The van der Waals surface area contributed by atoms with Crippen molar-refractivity contribution in [3.63, 3.8) is 0 Å². The molecule has 2 rings (SSSR count). The first-order chi connectivity index (χ1) is 8.70. The van der Waals surface area contributed by atoms with E-state index in [2.05, 4.69) is 20.3 Å². The molecule has 18 heavy (non-hydrogen) atoms. The first-order valence-electron chi connectivity index (χ1n) is 5.56. The normalized spacial score (nSPS) is 10.6. The first kappa shape index (κ1) is 12.4. The molecule has 2 aromatic rings. The van der Waals surface area contributed by atoms with Crippen LogP contribution in [0.5, 0.6) is 0 Å². The summed E-state index contributed by atoms with van der Waals surface area (Å²) in [6.45, 7) is 3.20. The average molecular weight is 249 g/mol. The van der Waals surface area contributed by atoms with Crippen molar-refractivity contribution in [3.8, 4) is 0 Å². The Morgan fingerprint density at radius 1 is 1.56 bits per heavy atom. The van der Waals surface area contributed by atoms with Crippen LogP contribution in [0, 0.1) is 6.92 Å². The number of carbonyl (C=O) groups is 1. The fourth-order valence-corrected chi connectivity index (χ4v) is 1.57. The summed E-state index contributed by atoms with van der Waals surface area (Å²) in [7, 11) is 1.34. The van der Waals surface area contributed by atoms with Crippen LogP contribution < -0.4 is 5.32 Å². The van der Waals surface area contributed by atoms with Gasteiger partial charge in [-0.25, -0.2) is 4.79 Å². The van der Waals surface area contributed by atoms with Gasteiger partial charge in [-0.3, -0.25) is 5.10 Å². The third-order valence-corrected chi connectivity index (χ3v) is 2.62. The lowest BCUT2D eigenvalue weighted by atomic mass is 10.2. The van der Waals surface area contributed by atoms with Crippen molar-refractivity contribution in [1.82, 2.24) is 15.5 Å². The van der Waals surface area contributed by atoms with Crippen molar-refractivity contribution in [2.24, 2.45) is 0 Å². The number of nitrogens with one attached hydrogen (secondary N) is 2. The van der Waals surface area contributed by atoms with E-state index in [1.165, 1.54) is 13.4 Å². The molecular weight excluding hydrogens is 234 g/mol. The molecule has 96 valence electrons. The van der Waals surface area contributed by atoms with E-state index in [9.17, 15) is 4.79 Å². The second-order valence-corrected chi connectivity index (χ2v) is 3.92. The standard InChI is InChI=1S/C12H15N3O3/c1-8-10(5-14-15-8)4-13-6-11-3-9(7-18-11)12(16)17-2/h3,5,7,13H,4,6H2,1-2H3,(H,14,15). The maximum absolute atomic E-state index is 11.2. The topological polar surface area (TPSA) is 80.2 Å². The van der Waals surface area contributed by atoms with Gasteiger partial charge in [0.2, 0.25) is 0 Å². The molecule has 0 aliphatic heterocycles. The quantitative estimate of drug-likeness (QED) is 0.783. The highest BCUT2D eigenvalue weighted by Gasteiger charge is 2.09. The van der Waals surface area contributed by atoms with E-state index in [1.54, 1.807) is 12.3 Å². The number of rotatable bonds is 5. The number of aromatic amines is 1. The molecule has 0 aromatic carbocycles. The number of aryl methyl sites for hydroxylation is 1. The molecule has 0 bridgehead atoms. The zero-order chi connectivity index (χ0) is 13.0. The highest BCUT2D eigenvalue weighted by molar-refractivity contribution is 5.88. The number of furan rings is 1. The van der Waals surface area contributed by atoms with Crippen LogP contribution in [-0.2, 0) is 17.8 Å². The molecule has 0 saturated carbocycles. The minimum absolute atomic E-state index is 0.393. The third-order valence-electron chi connectivity index (χ3n) is 2.62. The van der Waals surface area contributed by atoms with Crippen molar-refractivity contribution >= 4 is 5.97 Å². The zero-order valence-corrected chi connectivity index (χ0v) is 10.3. The molecule has 2 N–H and O–H groups in total. The van der Waals surface area contributed by atoms with Gasteiger partial charge in [0.25, 0.3) is 0 Å². The molecule has 2 heterocycles. The summed E-state index contributed by atoms with van der Waals surface area (Å²) in [5.74, 6) is 0.298. The lowest BCUT2D eigenvalue weighted by molar-refractivity contribution is 0.0600. The summed E-state index contributed by atoms with van der Waals surface area (Å²) in [5.41, 5.74) is 2.57. The Bertz CT molecular complexity index is 530. The highest BCUT2D eigenvalue weighted by Crippen LogP contribution is 2.09. The Balaban J connectivity index is 1.85. The van der Waals surface area contributed by atoms with Crippen LogP contribution in [0.25, 0.3) is 0 Å². The number of ether oxygens (including phenoxy) is 1. The molecule has 0 aliphatic rings. The Kier molecular flexibility index (Phi) is 3.78. The summed E-state index contributed by atoms with van der Waals surface area (Å²) in [5, 5.41) is 10.0. The lowest BCUT2D eigenvalue weighted by Gasteiger charge is -2.00. The molecule has 0 saturated heterocycles. The van der Waals surface area contributed by atoms with E-state index < -0.39 is 5.97 Å². The van der Waals surface area contributed by atoms with Gasteiger partial charge in [-0.05, 0) is 13.0 Å². The number of hydrogen-bond donors (Lipinski definition) is 2. The Labute approximate surface area is 104 Å². The Morgan fingerprint density at radius 3 is 3.06 bits per heavy atom. The first-order valence-corrected chi connectivity index (χ1v) is 5.56. The van der Waals surface area contributed by atoms with Gasteiger partial charge in [-0.15, -0.1) is 0 Å². The van der Waals surface area contributed by atoms with Crippen LogP contribution in [0.4, 0.5) is 0 Å². The van der Waals surface area contributed by atoms with Gasteiger partial charge in [0, 0.05) is 17.8 Å². The number of hydrogen-bond acceptors (Lipinski definition) is 5. The molecule has 6 heteroatoms.